The van der Waals surface area contributed by atoms with Crippen molar-refractivity contribution in [2.75, 3.05) is 52.7 Å². The first-order chi connectivity index (χ1) is 20.6. The lowest BCUT2D eigenvalue weighted by atomic mass is 10.0. The van der Waals surface area contributed by atoms with E-state index >= 15 is 0 Å². The number of ether oxygens (including phenoxy) is 5. The Kier molecular flexibility index (Phi) is 8.77. The third-order valence-electron chi connectivity index (χ3n) is 7.29. The summed E-state index contributed by atoms with van der Waals surface area (Å²) in [4.78, 5) is 19.5. The molecule has 9 heteroatoms. The van der Waals surface area contributed by atoms with E-state index in [1.165, 1.54) is 12.1 Å². The van der Waals surface area contributed by atoms with Crippen molar-refractivity contribution in [1.82, 2.24) is 9.88 Å². The molecule has 0 aliphatic carbocycles. The number of nitrogens with zero attached hydrogens (tertiary/aromatic N) is 2. The summed E-state index contributed by atoms with van der Waals surface area (Å²) in [6, 6.07) is 17.1. The predicted octanol–water partition coefficient (Wildman–Crippen LogP) is 5.39. The maximum absolute atomic E-state index is 13.1. The van der Waals surface area contributed by atoms with Crippen LogP contribution in [0.25, 0.3) is 10.9 Å². The zero-order valence-electron chi connectivity index (χ0n) is 23.4. The number of ketones is 1. The molecule has 0 N–H and O–H groups in total. The first-order valence-electron chi connectivity index (χ1n) is 14.3. The zero-order valence-corrected chi connectivity index (χ0v) is 23.4. The van der Waals surface area contributed by atoms with Crippen LogP contribution in [-0.2, 0) is 22.4 Å². The summed E-state index contributed by atoms with van der Waals surface area (Å²) in [6.07, 6.45) is 3.12. The molecule has 42 heavy (non-hydrogen) atoms. The molecule has 6 rings (SSSR count). The van der Waals surface area contributed by atoms with Crippen LogP contribution in [0.2, 0.25) is 0 Å². The summed E-state index contributed by atoms with van der Waals surface area (Å²) in [5.74, 6) is 2.68. The van der Waals surface area contributed by atoms with Crippen LogP contribution in [0.1, 0.15) is 17.5 Å². The number of fused-ring (bicyclic) bond motifs is 3. The van der Waals surface area contributed by atoms with Gasteiger partial charge in [-0.25, -0.2) is 4.39 Å². The molecule has 218 valence electrons. The molecule has 1 saturated heterocycles. The lowest BCUT2D eigenvalue weighted by Gasteiger charge is -2.26. The summed E-state index contributed by atoms with van der Waals surface area (Å²) in [7, 11) is 0. The molecule has 8 nitrogen and oxygen atoms in total. The van der Waals surface area contributed by atoms with Crippen molar-refractivity contribution in [2.24, 2.45) is 0 Å². The van der Waals surface area contributed by atoms with Crippen molar-refractivity contribution in [3.05, 3.63) is 83.8 Å². The molecule has 4 aromatic rings. The van der Waals surface area contributed by atoms with Crippen LogP contribution in [0.3, 0.4) is 0 Å². The molecular formula is C33H33FN2O6. The van der Waals surface area contributed by atoms with Crippen molar-refractivity contribution >= 4 is 16.7 Å². The van der Waals surface area contributed by atoms with Crippen LogP contribution >= 0.6 is 0 Å². The Morgan fingerprint density at radius 1 is 0.857 bits per heavy atom. The smallest absolute Gasteiger partial charge is 0.204 e. The minimum Gasteiger partial charge on any atom is -0.489 e. The molecule has 1 fully saturated rings. The molecule has 0 unspecified atom stereocenters. The van der Waals surface area contributed by atoms with Crippen LogP contribution in [0, 0.1) is 5.82 Å². The molecular weight excluding hydrogens is 539 g/mol. The lowest BCUT2D eigenvalue weighted by molar-refractivity contribution is -0.117. The lowest BCUT2D eigenvalue weighted by Crippen LogP contribution is -2.37. The number of benzene rings is 3. The molecule has 0 saturated carbocycles. The van der Waals surface area contributed by atoms with Gasteiger partial charge in [-0.05, 0) is 47.9 Å². The topological polar surface area (TPSA) is 79.4 Å². The maximum atomic E-state index is 13.1. The number of rotatable bonds is 11. The zero-order chi connectivity index (χ0) is 28.7. The Bertz CT molecular complexity index is 1520. The van der Waals surface area contributed by atoms with E-state index < -0.39 is 0 Å². The number of carbonyl (C=O) groups excluding carboxylic acids is 1. The Morgan fingerprint density at radius 2 is 1.55 bits per heavy atom. The Balaban J connectivity index is 1.14. The number of Topliss-reactive ketones (excluding diaryl/α,β-unsaturated/α-hetero) is 1. The summed E-state index contributed by atoms with van der Waals surface area (Å²) in [5.41, 5.74) is 2.35. The number of aromatic nitrogens is 1. The van der Waals surface area contributed by atoms with Crippen molar-refractivity contribution in [2.45, 2.75) is 19.3 Å². The van der Waals surface area contributed by atoms with E-state index in [1.807, 2.05) is 30.3 Å². The summed E-state index contributed by atoms with van der Waals surface area (Å²) in [5, 5.41) is 0.714. The fourth-order valence-electron chi connectivity index (χ4n) is 5.18. The second-order valence-electron chi connectivity index (χ2n) is 10.4. The van der Waals surface area contributed by atoms with Gasteiger partial charge in [0.05, 0.1) is 30.7 Å². The monoisotopic (exact) mass is 572 g/mol. The fourth-order valence-corrected chi connectivity index (χ4v) is 5.18. The van der Waals surface area contributed by atoms with Gasteiger partial charge < -0.3 is 23.7 Å². The molecule has 0 amide bonds. The Labute approximate surface area is 243 Å². The highest BCUT2D eigenvalue weighted by molar-refractivity contribution is 5.95. The number of carbonyl (C=O) groups is 1. The molecule has 2 aliphatic heterocycles. The van der Waals surface area contributed by atoms with Crippen molar-refractivity contribution in [1.29, 1.82) is 0 Å². The predicted molar refractivity (Wildman–Crippen MR) is 155 cm³/mol. The van der Waals surface area contributed by atoms with Gasteiger partial charge in [-0.15, -0.1) is 0 Å². The van der Waals surface area contributed by atoms with Crippen molar-refractivity contribution in [3.63, 3.8) is 0 Å². The SMILES string of the molecule is O=C(Cc1ccc(F)cc1)Cc1ccc(Oc2ccnc3cc(OCCCN4CCOCC4)c4c(c23)OCCO4)cc1. The van der Waals surface area contributed by atoms with Gasteiger partial charge in [0.2, 0.25) is 5.75 Å². The van der Waals surface area contributed by atoms with Gasteiger partial charge in [0, 0.05) is 44.7 Å². The van der Waals surface area contributed by atoms with Crippen LogP contribution < -0.4 is 18.9 Å². The van der Waals surface area contributed by atoms with Crippen molar-refractivity contribution in [3.8, 4) is 28.7 Å². The standard InChI is InChI=1S/C33H33FN2O6/c34-25-6-2-23(3-7-25)20-26(37)21-24-4-8-27(9-5-24)42-29-10-11-35-28-22-30(32-33(31(28)29)41-19-18-40-32)39-15-1-12-36-13-16-38-17-14-36/h2-11,22H,1,12-21H2. The minimum absolute atomic E-state index is 0.0540. The fraction of sp³-hybridized carbons (Fsp3) is 0.333. The van der Waals surface area contributed by atoms with E-state index in [4.69, 9.17) is 23.7 Å². The average molecular weight is 573 g/mol. The third-order valence-corrected chi connectivity index (χ3v) is 7.29. The van der Waals surface area contributed by atoms with E-state index in [0.29, 0.717) is 59.5 Å². The molecule has 0 atom stereocenters. The van der Waals surface area contributed by atoms with Gasteiger partial charge in [-0.1, -0.05) is 24.3 Å². The molecule has 0 bridgehead atoms. The second kappa shape index (κ2) is 13.2. The number of halogens is 1. The van der Waals surface area contributed by atoms with E-state index in [0.717, 1.165) is 50.4 Å². The maximum Gasteiger partial charge on any atom is 0.204 e. The highest BCUT2D eigenvalue weighted by Crippen LogP contribution is 2.48. The van der Waals surface area contributed by atoms with E-state index in [9.17, 15) is 9.18 Å². The molecule has 1 aromatic heterocycles. The normalized spacial score (nSPS) is 15.0. The Hall–Kier alpha value is -4.21. The highest BCUT2D eigenvalue weighted by Gasteiger charge is 2.25. The molecule has 0 spiro atoms. The minimum atomic E-state index is -0.313. The molecule has 2 aliphatic rings. The largest absolute Gasteiger partial charge is 0.489 e. The van der Waals surface area contributed by atoms with E-state index in [2.05, 4.69) is 9.88 Å². The summed E-state index contributed by atoms with van der Waals surface area (Å²) in [6.45, 7) is 5.81. The van der Waals surface area contributed by atoms with Gasteiger partial charge in [0.15, 0.2) is 11.5 Å². The highest BCUT2D eigenvalue weighted by atomic mass is 19.1. The number of hydrogen-bond donors (Lipinski definition) is 0. The first kappa shape index (κ1) is 27.9. The van der Waals surface area contributed by atoms with Crippen LogP contribution in [-0.4, -0.2) is 68.3 Å². The number of hydrogen-bond acceptors (Lipinski definition) is 8. The van der Waals surface area contributed by atoms with Gasteiger partial charge >= 0.3 is 0 Å². The van der Waals surface area contributed by atoms with Crippen LogP contribution in [0.4, 0.5) is 4.39 Å². The summed E-state index contributed by atoms with van der Waals surface area (Å²) >= 11 is 0. The number of pyridine rings is 1. The van der Waals surface area contributed by atoms with Gasteiger partial charge in [-0.3, -0.25) is 14.7 Å². The average Bonchev–Trinajstić information content (AvgIpc) is 3.02. The molecule has 0 radical (unpaired) electrons. The van der Waals surface area contributed by atoms with Crippen molar-refractivity contribution < 1.29 is 32.9 Å². The van der Waals surface area contributed by atoms with Gasteiger partial charge in [0.1, 0.15) is 36.3 Å². The first-order valence-corrected chi connectivity index (χ1v) is 14.3. The summed E-state index contributed by atoms with van der Waals surface area (Å²) < 4.78 is 43.1. The van der Waals surface area contributed by atoms with Crippen LogP contribution in [0.15, 0.2) is 66.9 Å². The van der Waals surface area contributed by atoms with E-state index in [1.54, 1.807) is 24.4 Å². The third kappa shape index (κ3) is 6.80. The van der Waals surface area contributed by atoms with Crippen LogP contribution in [0.5, 0.6) is 28.7 Å². The van der Waals surface area contributed by atoms with Gasteiger partial charge in [0.25, 0.3) is 0 Å². The second-order valence-corrected chi connectivity index (χ2v) is 10.4. The van der Waals surface area contributed by atoms with E-state index in [-0.39, 0.29) is 24.4 Å². The quantitative estimate of drug-likeness (QED) is 0.221. The number of morpholine rings is 1. The molecule has 3 heterocycles. The molecule has 3 aromatic carbocycles. The van der Waals surface area contributed by atoms with Gasteiger partial charge in [-0.2, -0.15) is 0 Å². The Morgan fingerprint density at radius 3 is 2.29 bits per heavy atom.